The summed E-state index contributed by atoms with van der Waals surface area (Å²) in [4.78, 5) is 12.3. The number of aromatic nitrogens is 2. The van der Waals surface area contributed by atoms with E-state index in [9.17, 15) is 0 Å². The summed E-state index contributed by atoms with van der Waals surface area (Å²) in [6.45, 7) is 10.9. The maximum absolute atomic E-state index is 5.63. The number of hydrogen-bond donors (Lipinski definition) is 1. The van der Waals surface area contributed by atoms with Gasteiger partial charge in [0.1, 0.15) is 5.82 Å². The number of nitrogens with one attached hydrogen (secondary N) is 1. The van der Waals surface area contributed by atoms with E-state index in [-0.39, 0.29) is 0 Å². The number of morpholine rings is 1. The summed E-state index contributed by atoms with van der Waals surface area (Å²) in [7, 11) is 0. The molecule has 26 heavy (non-hydrogen) atoms. The lowest BCUT2D eigenvalue weighted by molar-refractivity contribution is 0.0984. The highest BCUT2D eigenvalue weighted by Gasteiger charge is 2.27. The summed E-state index contributed by atoms with van der Waals surface area (Å²) in [5.74, 6) is 2.47. The number of rotatable bonds is 3. The predicted molar refractivity (Wildman–Crippen MR) is 105 cm³/mol. The first-order chi connectivity index (χ1) is 12.6. The van der Waals surface area contributed by atoms with Gasteiger partial charge in [0.05, 0.1) is 24.9 Å². The minimum atomic E-state index is 0.341. The number of hydrogen-bond acceptors (Lipinski definition) is 5. The highest BCUT2D eigenvalue weighted by molar-refractivity contribution is 5.62. The van der Waals surface area contributed by atoms with E-state index in [2.05, 4.69) is 55.3 Å². The molecule has 1 atom stereocenters. The minimum Gasteiger partial charge on any atom is -0.377 e. The molecule has 2 aliphatic rings. The number of fused-ring (bicyclic) bond motifs is 1. The molecule has 138 valence electrons. The van der Waals surface area contributed by atoms with Crippen LogP contribution >= 0.6 is 0 Å². The van der Waals surface area contributed by atoms with E-state index in [4.69, 9.17) is 14.7 Å². The maximum Gasteiger partial charge on any atom is 0.161 e. The fraction of sp³-hybridized carbons (Fsp3) is 0.524. The second kappa shape index (κ2) is 7.33. The third kappa shape index (κ3) is 3.33. The van der Waals surface area contributed by atoms with Gasteiger partial charge in [-0.05, 0) is 31.4 Å². The molecule has 1 fully saturated rings. The third-order valence-electron chi connectivity index (χ3n) is 5.39. The lowest BCUT2D eigenvalue weighted by atomic mass is 10.0. The van der Waals surface area contributed by atoms with Crippen molar-refractivity contribution in [3.05, 3.63) is 41.1 Å². The molecule has 0 bridgehead atoms. The van der Waals surface area contributed by atoms with Crippen LogP contribution in [0, 0.1) is 0 Å². The monoisotopic (exact) mass is 352 g/mol. The van der Waals surface area contributed by atoms with Gasteiger partial charge < -0.3 is 15.0 Å². The van der Waals surface area contributed by atoms with Crippen LogP contribution in [0.4, 0.5) is 5.82 Å². The summed E-state index contributed by atoms with van der Waals surface area (Å²) in [6, 6.07) is 9.03. The quantitative estimate of drug-likeness (QED) is 0.920. The molecular weight excluding hydrogens is 324 g/mol. The number of anilines is 1. The average Bonchev–Trinajstić information content (AvgIpc) is 2.68. The van der Waals surface area contributed by atoms with Gasteiger partial charge in [0, 0.05) is 24.2 Å². The number of nitrogens with zero attached hydrogens (tertiary/aromatic N) is 3. The van der Waals surface area contributed by atoms with Crippen LogP contribution in [0.5, 0.6) is 0 Å². The van der Waals surface area contributed by atoms with Gasteiger partial charge in [0.2, 0.25) is 0 Å². The van der Waals surface area contributed by atoms with E-state index in [1.54, 1.807) is 0 Å². The Kier molecular flexibility index (Phi) is 4.92. The highest BCUT2D eigenvalue weighted by atomic mass is 16.5. The van der Waals surface area contributed by atoms with Crippen molar-refractivity contribution in [1.82, 2.24) is 15.3 Å². The molecule has 5 nitrogen and oxygen atoms in total. The van der Waals surface area contributed by atoms with Gasteiger partial charge in [-0.1, -0.05) is 38.1 Å². The van der Waals surface area contributed by atoms with Crippen LogP contribution in [0.15, 0.2) is 24.3 Å². The Morgan fingerprint density at radius 3 is 2.73 bits per heavy atom. The third-order valence-corrected chi connectivity index (χ3v) is 5.39. The average molecular weight is 352 g/mol. The van der Waals surface area contributed by atoms with Crippen molar-refractivity contribution >= 4 is 5.82 Å². The van der Waals surface area contributed by atoms with Crippen molar-refractivity contribution in [3.63, 3.8) is 0 Å². The van der Waals surface area contributed by atoms with Gasteiger partial charge in [-0.15, -0.1) is 0 Å². The molecule has 1 N–H and O–H groups in total. The molecule has 1 saturated heterocycles. The van der Waals surface area contributed by atoms with Gasteiger partial charge in [-0.3, -0.25) is 0 Å². The second-order valence-corrected chi connectivity index (χ2v) is 7.62. The number of benzene rings is 1. The molecule has 3 heterocycles. The van der Waals surface area contributed by atoms with E-state index in [0.29, 0.717) is 12.0 Å². The molecule has 1 aromatic heterocycles. The molecule has 0 aliphatic carbocycles. The van der Waals surface area contributed by atoms with Crippen molar-refractivity contribution in [2.45, 2.75) is 45.7 Å². The summed E-state index contributed by atoms with van der Waals surface area (Å²) in [5.41, 5.74) is 4.88. The minimum absolute atomic E-state index is 0.341. The van der Waals surface area contributed by atoms with E-state index < -0.39 is 0 Å². The van der Waals surface area contributed by atoms with E-state index >= 15 is 0 Å². The fourth-order valence-electron chi connectivity index (χ4n) is 3.77. The summed E-state index contributed by atoms with van der Waals surface area (Å²) in [5, 5.41) is 3.45. The van der Waals surface area contributed by atoms with Crippen LogP contribution in [0.25, 0.3) is 11.4 Å². The molecule has 2 aliphatic heterocycles. The van der Waals surface area contributed by atoms with Crippen molar-refractivity contribution < 1.29 is 4.74 Å². The van der Waals surface area contributed by atoms with Crippen molar-refractivity contribution in [1.29, 1.82) is 0 Å². The molecule has 0 amide bonds. The summed E-state index contributed by atoms with van der Waals surface area (Å²) >= 11 is 0. The van der Waals surface area contributed by atoms with E-state index in [1.165, 1.54) is 11.1 Å². The highest BCUT2D eigenvalue weighted by Crippen LogP contribution is 2.30. The standard InChI is InChI=1S/C21H28N4O/c1-14(2)16-4-6-17(7-5-16)20-23-19-12-22-9-8-18(19)21(24-20)25-10-11-26-13-15(25)3/h4-7,14-15,22H,8-13H2,1-3H3. The summed E-state index contributed by atoms with van der Waals surface area (Å²) < 4.78 is 5.63. The first-order valence-electron chi connectivity index (χ1n) is 9.68. The molecule has 4 rings (SSSR count). The molecule has 1 unspecified atom stereocenters. The smallest absolute Gasteiger partial charge is 0.161 e. The number of ether oxygens (including phenoxy) is 1. The first-order valence-corrected chi connectivity index (χ1v) is 9.68. The van der Waals surface area contributed by atoms with Gasteiger partial charge >= 0.3 is 0 Å². The Hall–Kier alpha value is -1.98. The van der Waals surface area contributed by atoms with Gasteiger partial charge in [-0.25, -0.2) is 9.97 Å². The normalized spacial score (nSPS) is 20.3. The van der Waals surface area contributed by atoms with Crippen molar-refractivity contribution in [2.24, 2.45) is 0 Å². The van der Waals surface area contributed by atoms with E-state index in [1.807, 2.05) is 0 Å². The van der Waals surface area contributed by atoms with Crippen LogP contribution in [-0.2, 0) is 17.7 Å². The van der Waals surface area contributed by atoms with Crippen LogP contribution in [0.3, 0.4) is 0 Å². The Labute approximate surface area is 155 Å². The SMILES string of the molecule is CC(C)c1ccc(-c2nc3c(c(N4CCOCC4C)n2)CCNC3)cc1. The molecule has 1 aromatic carbocycles. The Bertz CT molecular complexity index is 772. The zero-order valence-electron chi connectivity index (χ0n) is 16.0. The lowest BCUT2D eigenvalue weighted by Gasteiger charge is -2.36. The molecule has 2 aromatic rings. The topological polar surface area (TPSA) is 50.3 Å². The molecule has 5 heteroatoms. The maximum atomic E-state index is 5.63. The first kappa shape index (κ1) is 17.4. The van der Waals surface area contributed by atoms with Crippen molar-refractivity contribution in [2.75, 3.05) is 31.2 Å². The molecule has 0 saturated carbocycles. The zero-order valence-corrected chi connectivity index (χ0v) is 16.0. The van der Waals surface area contributed by atoms with Gasteiger partial charge in [-0.2, -0.15) is 0 Å². The van der Waals surface area contributed by atoms with Crippen LogP contribution < -0.4 is 10.2 Å². The Morgan fingerprint density at radius 2 is 2.00 bits per heavy atom. The van der Waals surface area contributed by atoms with Gasteiger partial charge in [0.15, 0.2) is 5.82 Å². The molecular formula is C21H28N4O. The van der Waals surface area contributed by atoms with Crippen LogP contribution in [-0.4, -0.2) is 42.3 Å². The van der Waals surface area contributed by atoms with Crippen LogP contribution in [0.1, 0.15) is 43.5 Å². The van der Waals surface area contributed by atoms with Crippen LogP contribution in [0.2, 0.25) is 0 Å². The Morgan fingerprint density at radius 1 is 1.19 bits per heavy atom. The fourth-order valence-corrected chi connectivity index (χ4v) is 3.77. The second-order valence-electron chi connectivity index (χ2n) is 7.62. The predicted octanol–water partition coefficient (Wildman–Crippen LogP) is 3.14. The van der Waals surface area contributed by atoms with Gasteiger partial charge in [0.25, 0.3) is 0 Å². The largest absolute Gasteiger partial charge is 0.377 e. The Balaban J connectivity index is 1.77. The summed E-state index contributed by atoms with van der Waals surface area (Å²) in [6.07, 6.45) is 0.987. The zero-order chi connectivity index (χ0) is 18.1. The molecule has 0 spiro atoms. The lowest BCUT2D eigenvalue weighted by Crippen LogP contribution is -2.45. The molecule has 0 radical (unpaired) electrons. The van der Waals surface area contributed by atoms with E-state index in [0.717, 1.165) is 62.2 Å². The van der Waals surface area contributed by atoms with Crippen molar-refractivity contribution in [3.8, 4) is 11.4 Å².